The Morgan fingerprint density at radius 3 is 2.65 bits per heavy atom. The molecule has 2 unspecified atom stereocenters. The average molecular weight is 438 g/mol. The van der Waals surface area contributed by atoms with Gasteiger partial charge in [-0.2, -0.15) is 0 Å². The van der Waals surface area contributed by atoms with Crippen molar-refractivity contribution in [2.45, 2.75) is 45.1 Å². The molecule has 3 aromatic rings. The molecular formula is C25H27NO4S. The quantitative estimate of drug-likeness (QED) is 0.471. The number of carbonyl (C=O) groups is 1. The lowest BCUT2D eigenvalue weighted by molar-refractivity contribution is -0.137. The van der Waals surface area contributed by atoms with Crippen LogP contribution in [0.25, 0.3) is 0 Å². The highest BCUT2D eigenvalue weighted by Gasteiger charge is 2.47. The van der Waals surface area contributed by atoms with Crippen LogP contribution in [0, 0.1) is 0 Å². The largest absolute Gasteiger partial charge is 0.483 e. The number of anilines is 1. The number of rotatable bonds is 7. The van der Waals surface area contributed by atoms with Crippen molar-refractivity contribution in [3.8, 4) is 5.75 Å². The van der Waals surface area contributed by atoms with Crippen molar-refractivity contribution in [2.75, 3.05) is 11.9 Å². The minimum absolute atomic E-state index is 0.358. The van der Waals surface area contributed by atoms with Crippen LogP contribution in [0.3, 0.4) is 0 Å². The molecule has 0 fully saturated rings. The van der Waals surface area contributed by atoms with Gasteiger partial charge < -0.3 is 19.5 Å². The molecule has 4 rings (SSSR count). The van der Waals surface area contributed by atoms with Gasteiger partial charge in [-0.3, -0.25) is 0 Å². The predicted molar refractivity (Wildman–Crippen MR) is 123 cm³/mol. The number of nitrogens with one attached hydrogen (secondary N) is 1. The van der Waals surface area contributed by atoms with Crippen LogP contribution in [0.4, 0.5) is 5.69 Å². The van der Waals surface area contributed by atoms with Gasteiger partial charge in [-0.1, -0.05) is 36.4 Å². The molecule has 0 spiro atoms. The van der Waals surface area contributed by atoms with Crippen LogP contribution in [-0.2, 0) is 16.0 Å². The Bertz CT molecular complexity index is 1020. The topological polar surface area (TPSA) is 56.8 Å². The summed E-state index contributed by atoms with van der Waals surface area (Å²) in [4.78, 5) is 13.3. The first kappa shape index (κ1) is 21.4. The Morgan fingerprint density at radius 2 is 1.94 bits per heavy atom. The van der Waals surface area contributed by atoms with Crippen LogP contribution in [-0.4, -0.2) is 24.3 Å². The lowest BCUT2D eigenvalue weighted by Crippen LogP contribution is -2.51. The van der Waals surface area contributed by atoms with Crippen molar-refractivity contribution in [3.05, 3.63) is 82.0 Å². The summed E-state index contributed by atoms with van der Waals surface area (Å²) in [6.45, 7) is 7.00. The molecule has 2 aromatic carbocycles. The molecule has 0 saturated carbocycles. The van der Waals surface area contributed by atoms with E-state index in [1.165, 1.54) is 16.9 Å². The highest BCUT2D eigenvalue weighted by atomic mass is 32.1. The van der Waals surface area contributed by atoms with Crippen LogP contribution in [0.15, 0.2) is 66.0 Å². The summed E-state index contributed by atoms with van der Waals surface area (Å²) < 4.78 is 18.3. The number of benzene rings is 2. The van der Waals surface area contributed by atoms with Crippen LogP contribution < -0.4 is 10.1 Å². The fraction of sp³-hybridized carbons (Fsp3) is 0.320. The van der Waals surface area contributed by atoms with E-state index in [0.29, 0.717) is 18.0 Å². The maximum atomic E-state index is 12.7. The summed E-state index contributed by atoms with van der Waals surface area (Å²) in [6, 6.07) is 19.8. The number of hydrogen-bond donors (Lipinski definition) is 1. The highest BCUT2D eigenvalue weighted by Crippen LogP contribution is 2.44. The summed E-state index contributed by atoms with van der Waals surface area (Å²) in [5.41, 5.74) is 2.29. The maximum absolute atomic E-state index is 12.7. The third kappa shape index (κ3) is 4.75. The van der Waals surface area contributed by atoms with E-state index in [4.69, 9.17) is 14.2 Å². The minimum Gasteiger partial charge on any atom is -0.483 e. The van der Waals surface area contributed by atoms with E-state index >= 15 is 0 Å². The first-order valence-corrected chi connectivity index (χ1v) is 11.3. The first-order chi connectivity index (χ1) is 15.0. The van der Waals surface area contributed by atoms with Gasteiger partial charge in [-0.05, 0) is 56.0 Å². The van der Waals surface area contributed by atoms with Crippen molar-refractivity contribution >= 4 is 23.0 Å². The van der Waals surface area contributed by atoms with E-state index in [0.717, 1.165) is 17.0 Å². The van der Waals surface area contributed by atoms with E-state index in [2.05, 4.69) is 17.4 Å². The van der Waals surface area contributed by atoms with Gasteiger partial charge in [0.05, 0.1) is 0 Å². The number of fused-ring (bicyclic) bond motifs is 1. The van der Waals surface area contributed by atoms with Gasteiger partial charge in [0.1, 0.15) is 22.3 Å². The Morgan fingerprint density at radius 1 is 1.13 bits per heavy atom. The monoisotopic (exact) mass is 437 g/mol. The smallest absolute Gasteiger partial charge is 0.348 e. The zero-order valence-electron chi connectivity index (χ0n) is 18.0. The molecule has 1 aromatic heterocycles. The average Bonchev–Trinajstić information content (AvgIpc) is 3.30. The molecule has 6 heteroatoms. The number of hydrogen-bond acceptors (Lipinski definition) is 6. The highest BCUT2D eigenvalue weighted by molar-refractivity contribution is 7.11. The van der Waals surface area contributed by atoms with Gasteiger partial charge >= 0.3 is 5.97 Å². The third-order valence-corrected chi connectivity index (χ3v) is 6.14. The Balaban J connectivity index is 1.60. The number of carbonyl (C=O) groups excluding carboxylic acids is 1. The second-order valence-electron chi connectivity index (χ2n) is 7.98. The molecule has 0 bridgehead atoms. The summed E-state index contributed by atoms with van der Waals surface area (Å²) in [5, 5.41) is 5.32. The lowest BCUT2D eigenvalue weighted by atomic mass is 9.87. The van der Waals surface area contributed by atoms with E-state index in [-0.39, 0.29) is 5.97 Å². The molecule has 1 N–H and O–H groups in total. The minimum atomic E-state index is -0.737. The van der Waals surface area contributed by atoms with Gasteiger partial charge in [-0.15, -0.1) is 11.3 Å². The van der Waals surface area contributed by atoms with Gasteiger partial charge in [0.2, 0.25) is 0 Å². The fourth-order valence-corrected chi connectivity index (χ4v) is 4.38. The SMILES string of the molecule is CCOC1c2cc(NCc3ccccc3)ccc2OC(C)(C)C1OC(=O)c1cccs1. The molecule has 0 saturated heterocycles. The molecule has 1 aliphatic heterocycles. The van der Waals surface area contributed by atoms with Crippen LogP contribution >= 0.6 is 11.3 Å². The Labute approximate surface area is 187 Å². The van der Waals surface area contributed by atoms with Crippen molar-refractivity contribution in [1.82, 2.24) is 0 Å². The molecule has 0 radical (unpaired) electrons. The number of ether oxygens (including phenoxy) is 3. The summed E-state index contributed by atoms with van der Waals surface area (Å²) in [6.07, 6.45) is -1.01. The standard InChI is InChI=1S/C25H27NO4S/c1-4-28-22-19-15-18(26-16-17-9-6-5-7-10-17)12-13-20(19)30-25(2,3)23(22)29-24(27)21-11-8-14-31-21/h5-15,22-23,26H,4,16H2,1-3H3. The van der Waals surface area contributed by atoms with Gasteiger partial charge in [0, 0.05) is 24.4 Å². The summed E-state index contributed by atoms with van der Waals surface area (Å²) >= 11 is 1.36. The maximum Gasteiger partial charge on any atom is 0.348 e. The second-order valence-corrected chi connectivity index (χ2v) is 8.92. The summed E-state index contributed by atoms with van der Waals surface area (Å²) in [5.74, 6) is 0.389. The number of esters is 1. The molecule has 162 valence electrons. The molecular weight excluding hydrogens is 410 g/mol. The van der Waals surface area contributed by atoms with Gasteiger partial charge in [-0.25, -0.2) is 4.79 Å². The summed E-state index contributed by atoms with van der Waals surface area (Å²) in [7, 11) is 0. The predicted octanol–water partition coefficient (Wildman–Crippen LogP) is 5.83. The molecule has 0 amide bonds. The first-order valence-electron chi connectivity index (χ1n) is 10.4. The van der Waals surface area contributed by atoms with Crippen LogP contribution in [0.1, 0.15) is 47.7 Å². The normalized spacial score (nSPS) is 19.2. The van der Waals surface area contributed by atoms with E-state index < -0.39 is 17.8 Å². The number of thiophene rings is 1. The van der Waals surface area contributed by atoms with E-state index in [9.17, 15) is 4.79 Å². The van der Waals surface area contributed by atoms with Gasteiger partial charge in [0.25, 0.3) is 0 Å². The van der Waals surface area contributed by atoms with Crippen molar-refractivity contribution in [2.24, 2.45) is 0 Å². The van der Waals surface area contributed by atoms with Crippen molar-refractivity contribution in [1.29, 1.82) is 0 Å². The zero-order chi connectivity index (χ0) is 21.8. The van der Waals surface area contributed by atoms with E-state index in [1.54, 1.807) is 6.07 Å². The molecule has 2 atom stereocenters. The molecule has 5 nitrogen and oxygen atoms in total. The van der Waals surface area contributed by atoms with Crippen LogP contribution in [0.5, 0.6) is 5.75 Å². The Hall–Kier alpha value is -2.83. The molecule has 1 aliphatic rings. The molecule has 31 heavy (non-hydrogen) atoms. The van der Waals surface area contributed by atoms with Crippen molar-refractivity contribution < 1.29 is 19.0 Å². The molecule has 0 aliphatic carbocycles. The Kier molecular flexibility index (Phi) is 6.30. The van der Waals surface area contributed by atoms with E-state index in [1.807, 2.05) is 68.6 Å². The fourth-order valence-electron chi connectivity index (χ4n) is 3.77. The van der Waals surface area contributed by atoms with Gasteiger partial charge in [0.15, 0.2) is 6.10 Å². The second kappa shape index (κ2) is 9.12. The zero-order valence-corrected chi connectivity index (χ0v) is 18.8. The van der Waals surface area contributed by atoms with Crippen molar-refractivity contribution in [3.63, 3.8) is 0 Å². The molecule has 2 heterocycles. The lowest BCUT2D eigenvalue weighted by Gasteiger charge is -2.43. The van der Waals surface area contributed by atoms with Crippen LogP contribution in [0.2, 0.25) is 0 Å². The third-order valence-electron chi connectivity index (χ3n) is 5.29.